The largest absolute Gasteiger partial charge is 0.0654 e. The third kappa shape index (κ3) is 12.4. The van der Waals surface area contributed by atoms with E-state index < -0.39 is 0 Å². The molecule has 0 spiro atoms. The summed E-state index contributed by atoms with van der Waals surface area (Å²) in [6.45, 7) is 4.63. The summed E-state index contributed by atoms with van der Waals surface area (Å²) in [6.07, 6.45) is 34.3. The molecule has 1 fully saturated rings. The summed E-state index contributed by atoms with van der Waals surface area (Å²) in [4.78, 5) is 0. The van der Waals surface area contributed by atoms with E-state index in [9.17, 15) is 0 Å². The van der Waals surface area contributed by atoms with Gasteiger partial charge in [-0.05, 0) is 31.1 Å². The quantitative estimate of drug-likeness (QED) is 0.212. The fourth-order valence-corrected chi connectivity index (χ4v) is 5.19. The Morgan fingerprint density at radius 2 is 0.769 bits per heavy atom. The first-order valence-electron chi connectivity index (χ1n) is 12.8. The van der Waals surface area contributed by atoms with Crippen molar-refractivity contribution in [1.29, 1.82) is 0 Å². The lowest BCUT2D eigenvalue weighted by atomic mass is 9.68. The Kier molecular flexibility index (Phi) is 15.8. The van der Waals surface area contributed by atoms with E-state index in [1.165, 1.54) is 122 Å². The summed E-state index contributed by atoms with van der Waals surface area (Å²) in [5.41, 5.74) is 0.767. The summed E-state index contributed by atoms with van der Waals surface area (Å²) >= 11 is 0. The van der Waals surface area contributed by atoms with Gasteiger partial charge >= 0.3 is 0 Å². The summed E-state index contributed by atoms with van der Waals surface area (Å²) in [6, 6.07) is 0. The van der Waals surface area contributed by atoms with Crippen molar-refractivity contribution in [1.82, 2.24) is 0 Å². The Balaban J connectivity index is 2.06. The van der Waals surface area contributed by atoms with Crippen molar-refractivity contribution in [2.45, 2.75) is 162 Å². The van der Waals surface area contributed by atoms with Gasteiger partial charge in [0, 0.05) is 0 Å². The van der Waals surface area contributed by atoms with Gasteiger partial charge in [0.15, 0.2) is 0 Å². The Morgan fingerprint density at radius 1 is 0.423 bits per heavy atom. The van der Waals surface area contributed by atoms with Crippen LogP contribution in [0.15, 0.2) is 0 Å². The molecule has 26 heavy (non-hydrogen) atoms. The molecule has 0 aromatic heterocycles. The van der Waals surface area contributed by atoms with Crippen LogP contribution in [0.4, 0.5) is 0 Å². The van der Waals surface area contributed by atoms with E-state index in [1.54, 1.807) is 25.7 Å². The van der Waals surface area contributed by atoms with E-state index in [0.717, 1.165) is 5.41 Å². The average molecular weight is 365 g/mol. The number of rotatable bonds is 18. The highest BCUT2D eigenvalue weighted by molar-refractivity contribution is 4.82. The highest BCUT2D eigenvalue weighted by Gasteiger charge is 2.30. The van der Waals surface area contributed by atoms with Crippen molar-refractivity contribution < 1.29 is 0 Å². The first-order chi connectivity index (χ1) is 12.8. The molecule has 1 saturated carbocycles. The second kappa shape index (κ2) is 17.1. The molecule has 0 radical (unpaired) electrons. The van der Waals surface area contributed by atoms with Crippen LogP contribution in [0.25, 0.3) is 0 Å². The zero-order valence-electron chi connectivity index (χ0n) is 18.8. The Labute approximate surface area is 167 Å². The van der Waals surface area contributed by atoms with E-state index in [1.807, 2.05) is 0 Å². The molecule has 1 aliphatic carbocycles. The van der Waals surface area contributed by atoms with Crippen molar-refractivity contribution in [2.24, 2.45) is 5.41 Å². The maximum Gasteiger partial charge on any atom is -0.0297 e. The minimum absolute atomic E-state index is 0.767. The molecule has 1 rings (SSSR count). The van der Waals surface area contributed by atoms with Gasteiger partial charge in [0.05, 0.1) is 0 Å². The lowest BCUT2D eigenvalue weighted by Crippen LogP contribution is -2.24. The maximum atomic E-state index is 2.32. The Hall–Kier alpha value is 0. The molecule has 0 amide bonds. The highest BCUT2D eigenvalue weighted by atomic mass is 14.4. The molecule has 0 aromatic carbocycles. The molecule has 0 heteroatoms. The SMILES string of the molecule is CCCCCCCCCCCCC1(CCCCCCCC)CCCCC1. The van der Waals surface area contributed by atoms with Crippen molar-refractivity contribution in [3.05, 3.63) is 0 Å². The fraction of sp³-hybridized carbons (Fsp3) is 1.00. The average Bonchev–Trinajstić information content (AvgIpc) is 2.67. The molecule has 0 aromatic rings. The van der Waals surface area contributed by atoms with Crippen molar-refractivity contribution in [2.75, 3.05) is 0 Å². The van der Waals surface area contributed by atoms with Crippen molar-refractivity contribution in [3.63, 3.8) is 0 Å². The number of hydrogen-bond donors (Lipinski definition) is 0. The molecule has 0 atom stereocenters. The van der Waals surface area contributed by atoms with Gasteiger partial charge in [-0.2, -0.15) is 0 Å². The van der Waals surface area contributed by atoms with E-state index in [2.05, 4.69) is 13.8 Å². The molecule has 0 nitrogen and oxygen atoms in total. The summed E-state index contributed by atoms with van der Waals surface area (Å²) in [5.74, 6) is 0. The van der Waals surface area contributed by atoms with Gasteiger partial charge in [-0.1, -0.05) is 136 Å². The third-order valence-electron chi connectivity index (χ3n) is 7.04. The zero-order valence-corrected chi connectivity index (χ0v) is 18.8. The highest BCUT2D eigenvalue weighted by Crippen LogP contribution is 2.44. The Bertz CT molecular complexity index is 274. The molecule has 0 N–H and O–H groups in total. The summed E-state index contributed by atoms with van der Waals surface area (Å²) in [5, 5.41) is 0. The van der Waals surface area contributed by atoms with E-state index in [-0.39, 0.29) is 0 Å². The van der Waals surface area contributed by atoms with Gasteiger partial charge < -0.3 is 0 Å². The molecular weight excluding hydrogens is 312 g/mol. The van der Waals surface area contributed by atoms with Crippen LogP contribution < -0.4 is 0 Å². The summed E-state index contributed by atoms with van der Waals surface area (Å²) in [7, 11) is 0. The number of hydrogen-bond acceptors (Lipinski definition) is 0. The van der Waals surface area contributed by atoms with Crippen LogP contribution in [0.1, 0.15) is 162 Å². The van der Waals surface area contributed by atoms with Crippen LogP contribution in [-0.4, -0.2) is 0 Å². The second-order valence-electron chi connectivity index (χ2n) is 9.51. The lowest BCUT2D eigenvalue weighted by molar-refractivity contribution is 0.146. The molecule has 0 aliphatic heterocycles. The van der Waals surface area contributed by atoms with Gasteiger partial charge in [0.2, 0.25) is 0 Å². The smallest absolute Gasteiger partial charge is 0.0297 e. The lowest BCUT2D eigenvalue weighted by Gasteiger charge is -2.38. The fourth-order valence-electron chi connectivity index (χ4n) is 5.19. The zero-order chi connectivity index (χ0) is 18.8. The van der Waals surface area contributed by atoms with E-state index in [4.69, 9.17) is 0 Å². The summed E-state index contributed by atoms with van der Waals surface area (Å²) < 4.78 is 0. The van der Waals surface area contributed by atoms with Crippen LogP contribution in [0.5, 0.6) is 0 Å². The van der Waals surface area contributed by atoms with Gasteiger partial charge in [0.1, 0.15) is 0 Å². The molecule has 0 bridgehead atoms. The first kappa shape index (κ1) is 24.0. The standard InChI is InChI=1S/C26H52/c1-3-5-7-9-11-12-13-14-16-19-23-26(24-20-17-21-25-26)22-18-15-10-8-6-4-2/h3-25H2,1-2H3. The van der Waals surface area contributed by atoms with Crippen molar-refractivity contribution in [3.8, 4) is 0 Å². The van der Waals surface area contributed by atoms with Crippen LogP contribution in [0.2, 0.25) is 0 Å². The minimum atomic E-state index is 0.767. The molecule has 1 aliphatic rings. The molecule has 0 heterocycles. The first-order valence-corrected chi connectivity index (χ1v) is 12.8. The van der Waals surface area contributed by atoms with Gasteiger partial charge in [-0.3, -0.25) is 0 Å². The molecule has 156 valence electrons. The molecular formula is C26H52. The monoisotopic (exact) mass is 364 g/mol. The molecule has 0 unspecified atom stereocenters. The minimum Gasteiger partial charge on any atom is -0.0654 e. The Morgan fingerprint density at radius 3 is 1.15 bits per heavy atom. The molecule has 0 saturated heterocycles. The van der Waals surface area contributed by atoms with Gasteiger partial charge in [-0.15, -0.1) is 0 Å². The van der Waals surface area contributed by atoms with E-state index in [0.29, 0.717) is 0 Å². The van der Waals surface area contributed by atoms with Crippen LogP contribution in [0.3, 0.4) is 0 Å². The third-order valence-corrected chi connectivity index (χ3v) is 7.04. The second-order valence-corrected chi connectivity index (χ2v) is 9.51. The van der Waals surface area contributed by atoms with Gasteiger partial charge in [0.25, 0.3) is 0 Å². The normalized spacial score (nSPS) is 16.8. The van der Waals surface area contributed by atoms with Crippen LogP contribution in [0, 0.1) is 5.41 Å². The maximum absolute atomic E-state index is 2.32. The van der Waals surface area contributed by atoms with Crippen LogP contribution in [-0.2, 0) is 0 Å². The van der Waals surface area contributed by atoms with E-state index >= 15 is 0 Å². The topological polar surface area (TPSA) is 0 Å². The van der Waals surface area contributed by atoms with Gasteiger partial charge in [-0.25, -0.2) is 0 Å². The predicted octanol–water partition coefficient (Wildman–Crippen LogP) is 10.00. The van der Waals surface area contributed by atoms with Crippen LogP contribution >= 0.6 is 0 Å². The predicted molar refractivity (Wildman–Crippen MR) is 120 cm³/mol. The number of unbranched alkanes of at least 4 members (excludes halogenated alkanes) is 14. The van der Waals surface area contributed by atoms with Crippen molar-refractivity contribution >= 4 is 0 Å².